The molecule has 114 heavy (non-hydrogen) atoms. The maximum atomic E-state index is 15.5. The van der Waals surface area contributed by atoms with E-state index in [1.165, 1.54) is 6.92 Å². The summed E-state index contributed by atoms with van der Waals surface area (Å²) in [5, 5.41) is 15.2. The average molecular weight is 1620 g/mol. The van der Waals surface area contributed by atoms with E-state index in [0.717, 1.165) is 0 Å². The molecule has 658 valence electrons. The van der Waals surface area contributed by atoms with Gasteiger partial charge in [0.25, 0.3) is 0 Å². The van der Waals surface area contributed by atoms with Gasteiger partial charge in [0.2, 0.25) is 29.5 Å². The normalized spacial score (nSPS) is 13.2. The van der Waals surface area contributed by atoms with Crippen LogP contribution in [-0.4, -0.2) is 168 Å². The molecule has 0 aromatic rings. The molecule has 1 atom stereocenters. The Morgan fingerprint density at radius 2 is 0.377 bits per heavy atom. The third-order valence-electron chi connectivity index (χ3n) is 17.0. The van der Waals surface area contributed by atoms with Gasteiger partial charge in [-0.05, 0) is 284 Å². The van der Waals surface area contributed by atoms with E-state index in [4.69, 9.17) is 48.4 Å². The summed E-state index contributed by atoms with van der Waals surface area (Å²) in [6.45, 7) is 47.2. The highest BCUT2D eigenvalue weighted by atomic mass is 16.6. The highest BCUT2D eigenvalue weighted by molar-refractivity contribution is 5.83. The summed E-state index contributed by atoms with van der Waals surface area (Å²) in [5.74, 6) is -9.08. The molecule has 0 aliphatic rings. The van der Waals surface area contributed by atoms with Gasteiger partial charge in [0.05, 0.1) is 6.04 Å². The molecule has 29 heteroatoms. The number of nitrogens with one attached hydrogen (secondary N) is 5. The third kappa shape index (κ3) is 55.2. The van der Waals surface area contributed by atoms with Crippen LogP contribution in [0.25, 0.3) is 0 Å². The molecular weight excluding hydrogens is 1470 g/mol. The summed E-state index contributed by atoms with van der Waals surface area (Å²) in [7, 11) is 0. The molecule has 0 saturated carbocycles. The Morgan fingerprint density at radius 1 is 0.228 bits per heavy atom. The fraction of sp³-hybridized carbons (Fsp3) is 0.835. The first-order chi connectivity index (χ1) is 51.4. The molecule has 0 aliphatic carbocycles. The van der Waals surface area contributed by atoms with Gasteiger partial charge in [-0.3, -0.25) is 67.1 Å². The summed E-state index contributed by atoms with van der Waals surface area (Å²) in [5.41, 5.74) is -9.15. The minimum atomic E-state index is -1.78. The van der Waals surface area contributed by atoms with Gasteiger partial charge in [0.1, 0.15) is 50.4 Å². The van der Waals surface area contributed by atoms with Crippen LogP contribution in [0.1, 0.15) is 374 Å². The molecule has 0 radical (unpaired) electrons. The van der Waals surface area contributed by atoms with Gasteiger partial charge < -0.3 is 74.9 Å². The average Bonchev–Trinajstić information content (AvgIpc) is 0.834. The second kappa shape index (κ2) is 45.9. The Labute approximate surface area is 681 Å². The van der Waals surface area contributed by atoms with Crippen LogP contribution in [0.15, 0.2) is 0 Å². The minimum Gasteiger partial charge on any atom is -0.460 e. The number of ether oxygens (including phenoxy) is 9. The van der Waals surface area contributed by atoms with Gasteiger partial charge in [-0.1, -0.05) is 6.42 Å². The van der Waals surface area contributed by atoms with Crippen molar-refractivity contribution in [1.82, 2.24) is 26.6 Å². The predicted molar refractivity (Wildman–Crippen MR) is 432 cm³/mol. The molecular formula is C85H150N6O23. The van der Waals surface area contributed by atoms with Crippen LogP contribution in [0.3, 0.4) is 0 Å². The number of hydrogen-bond acceptors (Lipinski definition) is 24. The molecule has 0 fully saturated rings. The van der Waals surface area contributed by atoms with Crippen molar-refractivity contribution in [1.29, 1.82) is 0 Å². The van der Waals surface area contributed by atoms with Crippen LogP contribution in [0, 0.1) is 0 Å². The zero-order chi connectivity index (χ0) is 88.6. The van der Waals surface area contributed by atoms with Crippen molar-refractivity contribution in [2.45, 2.75) is 452 Å². The molecule has 29 nitrogen and oxygen atoms in total. The first kappa shape index (κ1) is 107. The van der Waals surface area contributed by atoms with Crippen molar-refractivity contribution < 1.29 is 110 Å². The second-order valence-electron chi connectivity index (χ2n) is 39.5. The number of carbonyl (C=O) groups excluding carboxylic acids is 14. The zero-order valence-electron chi connectivity index (χ0n) is 75.1. The summed E-state index contributed by atoms with van der Waals surface area (Å²) in [6, 6.07) is -0.774. The quantitative estimate of drug-likeness (QED) is 0.0187. The number of carbonyl (C=O) groups is 14. The highest BCUT2D eigenvalue weighted by Gasteiger charge is 2.43. The molecule has 0 aliphatic heterocycles. The maximum Gasteiger partial charge on any atom is 0.306 e. The number of nitrogens with two attached hydrogens (primary N) is 1. The second-order valence-corrected chi connectivity index (χ2v) is 39.5. The fourth-order valence-corrected chi connectivity index (χ4v) is 12.3. The van der Waals surface area contributed by atoms with Crippen LogP contribution in [0.5, 0.6) is 0 Å². The minimum absolute atomic E-state index is 0.164. The van der Waals surface area contributed by atoms with Crippen LogP contribution in [-0.2, 0) is 110 Å². The molecule has 7 N–H and O–H groups in total. The molecule has 0 unspecified atom stereocenters. The Bertz CT molecular complexity index is 2640. The molecule has 0 bridgehead atoms. The van der Waals surface area contributed by atoms with Gasteiger partial charge in [0.15, 0.2) is 0 Å². The van der Waals surface area contributed by atoms with Crippen molar-refractivity contribution >= 4 is 83.3 Å². The van der Waals surface area contributed by atoms with E-state index in [9.17, 15) is 47.9 Å². The number of unbranched alkanes of at least 4 members (excludes halogenated alkanes) is 2. The van der Waals surface area contributed by atoms with Crippen molar-refractivity contribution in [3.63, 3.8) is 0 Å². The van der Waals surface area contributed by atoms with E-state index < -0.39 is 175 Å². The summed E-state index contributed by atoms with van der Waals surface area (Å²) >= 11 is 0. The van der Waals surface area contributed by atoms with Gasteiger partial charge >= 0.3 is 53.7 Å². The molecule has 0 spiro atoms. The maximum absolute atomic E-state index is 15.5. The summed E-state index contributed by atoms with van der Waals surface area (Å²) in [6.07, 6.45) is -6.11. The van der Waals surface area contributed by atoms with Crippen LogP contribution in [0.4, 0.5) is 0 Å². The van der Waals surface area contributed by atoms with Crippen molar-refractivity contribution in [2.75, 3.05) is 6.54 Å². The Kier molecular flexibility index (Phi) is 42.9. The first-order valence-corrected chi connectivity index (χ1v) is 40.7. The lowest BCUT2D eigenvalue weighted by Gasteiger charge is -2.39. The molecule has 0 aromatic heterocycles. The first-order valence-electron chi connectivity index (χ1n) is 40.7. The van der Waals surface area contributed by atoms with E-state index >= 15 is 19.2 Å². The van der Waals surface area contributed by atoms with Gasteiger partial charge in [-0.15, -0.1) is 0 Å². The van der Waals surface area contributed by atoms with E-state index in [1.54, 1.807) is 187 Å². The fourth-order valence-electron chi connectivity index (χ4n) is 12.3. The molecule has 0 aromatic carbocycles. The van der Waals surface area contributed by atoms with Crippen molar-refractivity contribution in [2.24, 2.45) is 5.73 Å². The molecule has 0 saturated heterocycles. The largest absolute Gasteiger partial charge is 0.460 e. The lowest BCUT2D eigenvalue weighted by atomic mass is 9.80. The van der Waals surface area contributed by atoms with E-state index in [-0.39, 0.29) is 160 Å². The monoisotopic (exact) mass is 1620 g/mol. The third-order valence-corrected chi connectivity index (χ3v) is 17.0. The number of amides is 5. The number of esters is 9. The van der Waals surface area contributed by atoms with E-state index in [0.29, 0.717) is 12.8 Å². The van der Waals surface area contributed by atoms with Crippen molar-refractivity contribution in [3.05, 3.63) is 0 Å². The molecule has 0 heterocycles. The summed E-state index contributed by atoms with van der Waals surface area (Å²) < 4.78 is 51.6. The van der Waals surface area contributed by atoms with Gasteiger partial charge in [0, 0.05) is 112 Å². The zero-order valence-corrected chi connectivity index (χ0v) is 75.1. The lowest BCUT2D eigenvalue weighted by Crippen LogP contribution is -2.54. The summed E-state index contributed by atoms with van der Waals surface area (Å²) in [4.78, 5) is 198. The predicted octanol–water partition coefficient (Wildman–Crippen LogP) is 12.9. The smallest absolute Gasteiger partial charge is 0.306 e. The Balaban J connectivity index is 9.38. The molecule has 5 amide bonds. The van der Waals surface area contributed by atoms with Crippen molar-refractivity contribution in [3.8, 4) is 0 Å². The SMILES string of the molecule is C[C@@H](N)C(=O)NCCCCCC(=O)NC(CCC(=O)NC(CCC(=O)OC(C)(C)C)(CCC(=O)OC(C)(C)C)CCC(=O)OC(C)(C)C)(CCC(=O)NC(CCC(=O)OC(C)(C)C)(CCC(=O)OC(C)(C)C)CCC(=O)OC(C)(C)C)CCC(=O)NC(CCC(=O)OC(C)(C)C)(CCC(=O)OC(C)(C)C)CCC(=O)OC(C)(C)C. The standard InChI is InChI=1S/C85H150N6O23/c1-58(86)72(105)87-57-31-29-30-32-59(92)88-82(45-33-60(93)89-83(48-36-63(96)106-73(2,3)4,49-37-64(97)107-74(5,6)7)50-38-65(98)108-75(8,9)10,46-34-61(94)90-84(51-39-66(99)109-76(11,12)13,52-40-67(100)110-77(14,15)16)53-41-68(101)111-78(17,18)19)47-35-62(95)91-85(54-42-69(102)112-79(20,21)22,55-43-70(103)113-80(23,24)25)56-44-71(104)114-81(26,27)28/h58H,29-57,86H2,1-28H3,(H,87,105)(H,88,92)(H,89,93)(H,90,94)(H,91,95)/t58-/m1/s1. The highest BCUT2D eigenvalue weighted by Crippen LogP contribution is 2.35. The Morgan fingerprint density at radius 3 is 0.526 bits per heavy atom. The topological polar surface area (TPSA) is 408 Å². The number of rotatable bonds is 47. The van der Waals surface area contributed by atoms with Crippen LogP contribution < -0.4 is 32.3 Å². The van der Waals surface area contributed by atoms with Crippen LogP contribution >= 0.6 is 0 Å². The van der Waals surface area contributed by atoms with Gasteiger partial charge in [-0.25, -0.2) is 0 Å². The van der Waals surface area contributed by atoms with E-state index in [2.05, 4.69) is 26.6 Å². The Hall–Kier alpha value is -7.46. The molecule has 0 rings (SSSR count). The van der Waals surface area contributed by atoms with Crippen LogP contribution in [0.2, 0.25) is 0 Å². The van der Waals surface area contributed by atoms with Gasteiger partial charge in [-0.2, -0.15) is 0 Å². The number of hydrogen-bond donors (Lipinski definition) is 6. The van der Waals surface area contributed by atoms with E-state index in [1.807, 2.05) is 0 Å². The lowest BCUT2D eigenvalue weighted by molar-refractivity contribution is -0.158.